The third kappa shape index (κ3) is 4.00. The standard InChI is InChI=1S/C15H22N2OS/c16-15(19)13-6-4-5-12(9-13)10-17-8-3-1-2-7-14(17)11-18/h4-6,9,14,18H,1-3,7-8,10-11H2,(H2,16,19). The van der Waals surface area contributed by atoms with Crippen molar-refractivity contribution in [2.45, 2.75) is 38.3 Å². The predicted molar refractivity (Wildman–Crippen MR) is 82.1 cm³/mol. The fraction of sp³-hybridized carbons (Fsp3) is 0.533. The van der Waals surface area contributed by atoms with Gasteiger partial charge in [-0.1, -0.05) is 43.3 Å². The van der Waals surface area contributed by atoms with Gasteiger partial charge < -0.3 is 10.8 Å². The first-order valence-electron chi connectivity index (χ1n) is 6.94. The van der Waals surface area contributed by atoms with Gasteiger partial charge in [0, 0.05) is 18.2 Å². The molecule has 4 heteroatoms. The van der Waals surface area contributed by atoms with Crippen LogP contribution in [0.15, 0.2) is 24.3 Å². The Morgan fingerprint density at radius 2 is 2.21 bits per heavy atom. The summed E-state index contributed by atoms with van der Waals surface area (Å²) in [6.07, 6.45) is 4.78. The van der Waals surface area contributed by atoms with Crippen molar-refractivity contribution in [3.63, 3.8) is 0 Å². The van der Waals surface area contributed by atoms with Gasteiger partial charge in [-0.2, -0.15) is 0 Å². The Balaban J connectivity index is 2.09. The largest absolute Gasteiger partial charge is 0.395 e. The number of thiocarbonyl (C=S) groups is 1. The third-order valence-electron chi connectivity index (χ3n) is 3.81. The van der Waals surface area contributed by atoms with Gasteiger partial charge in [-0.15, -0.1) is 0 Å². The molecule has 1 aromatic carbocycles. The van der Waals surface area contributed by atoms with Gasteiger partial charge in [-0.25, -0.2) is 0 Å². The Kier molecular flexibility index (Phi) is 5.31. The van der Waals surface area contributed by atoms with E-state index in [1.165, 1.54) is 24.8 Å². The summed E-state index contributed by atoms with van der Waals surface area (Å²) in [5, 5.41) is 9.52. The number of aliphatic hydroxyl groups excluding tert-OH is 1. The van der Waals surface area contributed by atoms with E-state index in [-0.39, 0.29) is 12.6 Å². The van der Waals surface area contributed by atoms with Gasteiger partial charge in [-0.3, -0.25) is 4.90 Å². The number of benzene rings is 1. The zero-order valence-electron chi connectivity index (χ0n) is 11.2. The Morgan fingerprint density at radius 3 is 2.95 bits per heavy atom. The van der Waals surface area contributed by atoms with Crippen LogP contribution in [-0.4, -0.2) is 34.2 Å². The van der Waals surface area contributed by atoms with Crippen LogP contribution in [0.5, 0.6) is 0 Å². The molecule has 1 aliphatic heterocycles. The van der Waals surface area contributed by atoms with E-state index in [4.69, 9.17) is 18.0 Å². The van der Waals surface area contributed by atoms with Crippen molar-refractivity contribution in [3.8, 4) is 0 Å². The van der Waals surface area contributed by atoms with E-state index in [1.807, 2.05) is 12.1 Å². The summed E-state index contributed by atoms with van der Waals surface area (Å²) in [6, 6.07) is 8.38. The molecule has 0 spiro atoms. The molecule has 1 aliphatic rings. The van der Waals surface area contributed by atoms with Crippen molar-refractivity contribution in [1.82, 2.24) is 4.90 Å². The second kappa shape index (κ2) is 6.98. The van der Waals surface area contributed by atoms with Gasteiger partial charge in [0.05, 0.1) is 6.61 Å². The maximum Gasteiger partial charge on any atom is 0.103 e. The summed E-state index contributed by atoms with van der Waals surface area (Å²) in [7, 11) is 0. The average Bonchev–Trinajstić information content (AvgIpc) is 2.64. The van der Waals surface area contributed by atoms with Gasteiger partial charge in [0.1, 0.15) is 4.99 Å². The van der Waals surface area contributed by atoms with E-state index in [2.05, 4.69) is 17.0 Å². The number of hydrogen-bond donors (Lipinski definition) is 2. The number of rotatable bonds is 4. The summed E-state index contributed by atoms with van der Waals surface area (Å²) in [5.41, 5.74) is 7.80. The van der Waals surface area contributed by atoms with Crippen LogP contribution in [0.2, 0.25) is 0 Å². The molecule has 19 heavy (non-hydrogen) atoms. The highest BCUT2D eigenvalue weighted by atomic mass is 32.1. The molecule has 1 aromatic rings. The Labute approximate surface area is 120 Å². The first-order valence-corrected chi connectivity index (χ1v) is 7.35. The minimum atomic E-state index is 0.245. The number of nitrogens with zero attached hydrogens (tertiary/aromatic N) is 1. The van der Waals surface area contributed by atoms with Crippen molar-refractivity contribution in [2.24, 2.45) is 5.73 Å². The molecular formula is C15H22N2OS. The lowest BCUT2D eigenvalue weighted by Crippen LogP contribution is -2.36. The van der Waals surface area contributed by atoms with Crippen LogP contribution < -0.4 is 5.73 Å². The Morgan fingerprint density at radius 1 is 1.37 bits per heavy atom. The zero-order chi connectivity index (χ0) is 13.7. The fourth-order valence-corrected chi connectivity index (χ4v) is 2.84. The van der Waals surface area contributed by atoms with Crippen LogP contribution in [0, 0.1) is 0 Å². The average molecular weight is 278 g/mol. The number of nitrogens with two attached hydrogens (primary N) is 1. The lowest BCUT2D eigenvalue weighted by Gasteiger charge is -2.28. The maximum absolute atomic E-state index is 9.52. The lowest BCUT2D eigenvalue weighted by atomic mass is 10.1. The molecule has 3 N–H and O–H groups in total. The Hall–Kier alpha value is -0.970. The minimum absolute atomic E-state index is 0.245. The van der Waals surface area contributed by atoms with Crippen molar-refractivity contribution in [1.29, 1.82) is 0 Å². The van der Waals surface area contributed by atoms with E-state index in [9.17, 15) is 5.11 Å². The van der Waals surface area contributed by atoms with Gasteiger partial charge in [-0.05, 0) is 31.0 Å². The van der Waals surface area contributed by atoms with E-state index in [0.717, 1.165) is 25.1 Å². The summed E-state index contributed by atoms with van der Waals surface area (Å²) in [6.45, 7) is 2.17. The van der Waals surface area contributed by atoms with Crippen LogP contribution in [-0.2, 0) is 6.54 Å². The van der Waals surface area contributed by atoms with Crippen LogP contribution in [0.25, 0.3) is 0 Å². The first kappa shape index (κ1) is 14.4. The van der Waals surface area contributed by atoms with Gasteiger partial charge in [0.15, 0.2) is 0 Å². The summed E-state index contributed by atoms with van der Waals surface area (Å²) >= 11 is 5.02. The van der Waals surface area contributed by atoms with E-state index in [1.54, 1.807) is 0 Å². The van der Waals surface area contributed by atoms with Crippen LogP contribution in [0.1, 0.15) is 36.8 Å². The SMILES string of the molecule is NC(=S)c1cccc(CN2CCCCCC2CO)c1. The fourth-order valence-electron chi connectivity index (χ4n) is 2.71. The second-order valence-electron chi connectivity index (χ2n) is 5.22. The first-order chi connectivity index (χ1) is 9.20. The second-order valence-corrected chi connectivity index (χ2v) is 5.66. The molecule has 1 heterocycles. The van der Waals surface area contributed by atoms with Gasteiger partial charge >= 0.3 is 0 Å². The monoisotopic (exact) mass is 278 g/mol. The molecule has 0 radical (unpaired) electrons. The molecule has 3 nitrogen and oxygen atoms in total. The minimum Gasteiger partial charge on any atom is -0.395 e. The van der Waals surface area contributed by atoms with Crippen LogP contribution in [0.4, 0.5) is 0 Å². The molecule has 0 aliphatic carbocycles. The molecule has 1 fully saturated rings. The zero-order valence-corrected chi connectivity index (χ0v) is 12.0. The van der Waals surface area contributed by atoms with E-state index < -0.39 is 0 Å². The van der Waals surface area contributed by atoms with Crippen molar-refractivity contribution < 1.29 is 5.11 Å². The normalized spacial score (nSPS) is 21.0. The van der Waals surface area contributed by atoms with Crippen LogP contribution >= 0.6 is 12.2 Å². The molecule has 0 aromatic heterocycles. The molecule has 1 unspecified atom stereocenters. The highest BCUT2D eigenvalue weighted by Gasteiger charge is 2.20. The summed E-state index contributed by atoms with van der Waals surface area (Å²) in [5.74, 6) is 0. The van der Waals surface area contributed by atoms with Crippen LogP contribution in [0.3, 0.4) is 0 Å². The summed E-state index contributed by atoms with van der Waals surface area (Å²) in [4.78, 5) is 2.82. The smallest absolute Gasteiger partial charge is 0.103 e. The molecule has 1 atom stereocenters. The number of likely N-dealkylation sites (tertiary alicyclic amines) is 1. The summed E-state index contributed by atoms with van der Waals surface area (Å²) < 4.78 is 0. The lowest BCUT2D eigenvalue weighted by molar-refractivity contribution is 0.118. The molecule has 0 bridgehead atoms. The van der Waals surface area contributed by atoms with Gasteiger partial charge in [0.2, 0.25) is 0 Å². The topological polar surface area (TPSA) is 49.5 Å². The van der Waals surface area contributed by atoms with Crippen molar-refractivity contribution >= 4 is 17.2 Å². The third-order valence-corrected chi connectivity index (χ3v) is 4.04. The molecule has 1 saturated heterocycles. The predicted octanol–water partition coefficient (Wildman–Crippen LogP) is 2.06. The molecule has 104 valence electrons. The van der Waals surface area contributed by atoms with Crippen molar-refractivity contribution in [3.05, 3.63) is 35.4 Å². The maximum atomic E-state index is 9.52. The molecule has 0 amide bonds. The Bertz CT molecular complexity index is 436. The van der Waals surface area contributed by atoms with Gasteiger partial charge in [0.25, 0.3) is 0 Å². The molecular weight excluding hydrogens is 256 g/mol. The van der Waals surface area contributed by atoms with E-state index in [0.29, 0.717) is 4.99 Å². The van der Waals surface area contributed by atoms with Crippen molar-refractivity contribution in [2.75, 3.05) is 13.2 Å². The molecule has 2 rings (SSSR count). The highest BCUT2D eigenvalue weighted by molar-refractivity contribution is 7.80. The van der Waals surface area contributed by atoms with E-state index >= 15 is 0 Å². The quantitative estimate of drug-likeness (QED) is 0.828. The number of aliphatic hydroxyl groups is 1. The highest BCUT2D eigenvalue weighted by Crippen LogP contribution is 2.19. The molecule has 0 saturated carbocycles. The number of hydrogen-bond acceptors (Lipinski definition) is 3.